The minimum Gasteiger partial charge on any atom is -0.442 e. The Morgan fingerprint density at radius 1 is 0.800 bits per heavy atom. The number of aromatic amines is 1. The summed E-state index contributed by atoms with van der Waals surface area (Å²) in [5.74, 6) is -3.04. The maximum Gasteiger partial charge on any atom is 0.273 e. The van der Waals surface area contributed by atoms with Crippen molar-refractivity contribution < 1.29 is 28.4 Å². The summed E-state index contributed by atoms with van der Waals surface area (Å²) in [5, 5.41) is 6.20. The van der Waals surface area contributed by atoms with Crippen molar-refractivity contribution in [2.45, 2.75) is 26.3 Å². The number of H-pyrrole nitrogens is 1. The first-order valence-electron chi connectivity index (χ1n) is 14.5. The van der Waals surface area contributed by atoms with Gasteiger partial charge in [-0.05, 0) is 35.7 Å². The van der Waals surface area contributed by atoms with Crippen molar-refractivity contribution in [1.82, 2.24) is 20.2 Å². The van der Waals surface area contributed by atoms with Gasteiger partial charge in [0.2, 0.25) is 11.8 Å². The molecule has 0 bridgehead atoms. The second-order valence-corrected chi connectivity index (χ2v) is 11.3. The predicted octanol–water partition coefficient (Wildman–Crippen LogP) is 4.92. The summed E-state index contributed by atoms with van der Waals surface area (Å²) in [4.78, 5) is 75.9. The topological polar surface area (TPSA) is 154 Å². The van der Waals surface area contributed by atoms with E-state index >= 15 is 0 Å². The average Bonchev–Trinajstić information content (AvgIpc) is 3.71. The zero-order chi connectivity index (χ0) is 31.4. The molecule has 3 N–H and O–H groups in total. The number of amides is 4. The lowest BCUT2D eigenvalue weighted by Crippen LogP contribution is -2.37. The number of aromatic nitrogens is 2. The Morgan fingerprint density at radius 3 is 2.18 bits per heavy atom. The number of nitrogens with one attached hydrogen (secondary N) is 3. The molecule has 0 aliphatic carbocycles. The van der Waals surface area contributed by atoms with Crippen LogP contribution in [0.4, 0.5) is 5.69 Å². The lowest BCUT2D eigenvalue weighted by molar-refractivity contribution is -0.115. The molecule has 2 aliphatic heterocycles. The van der Waals surface area contributed by atoms with Crippen LogP contribution in [-0.2, 0) is 11.2 Å². The van der Waals surface area contributed by atoms with E-state index in [1.165, 1.54) is 0 Å². The molecule has 3 aromatic carbocycles. The first-order chi connectivity index (χ1) is 21.7. The van der Waals surface area contributed by atoms with Gasteiger partial charge in [-0.3, -0.25) is 28.9 Å². The van der Waals surface area contributed by atoms with Gasteiger partial charge in [0.05, 0.1) is 24.1 Å². The average molecular weight is 602 g/mol. The number of para-hydroxylation sites is 1. The fourth-order valence-electron chi connectivity index (χ4n) is 6.08. The van der Waals surface area contributed by atoms with E-state index in [9.17, 15) is 24.0 Å². The van der Waals surface area contributed by atoms with Crippen LogP contribution >= 0.6 is 0 Å². The Hall–Kier alpha value is -5.84. The number of ketones is 1. The number of rotatable bonds is 3. The molecule has 7 rings (SSSR count). The molecule has 0 unspecified atom stereocenters. The van der Waals surface area contributed by atoms with Crippen LogP contribution in [-0.4, -0.2) is 50.8 Å². The standard InChI is InChI=1S/C34H27N5O6/c1-17(2)30(39-33(43)20-9-3-4-10-21(20)34(39)44)32-38-29-26(45-32)14-27(41)37-23-12-6-5-8-18(23)19-11-7-13-24-28(19)22(15-35-24)25(40)16-36-31(29)42/h3-13,15,17,30,35H,14,16H2,1-2H3,(H,36,42)(H,37,41)/t30-/m0/s1. The molecule has 0 saturated heterocycles. The fourth-order valence-corrected chi connectivity index (χ4v) is 6.08. The van der Waals surface area contributed by atoms with Gasteiger partial charge in [-0.2, -0.15) is 0 Å². The Bertz CT molecular complexity index is 2040. The third-order valence-corrected chi connectivity index (χ3v) is 8.15. The Labute approximate surface area is 256 Å². The summed E-state index contributed by atoms with van der Waals surface area (Å²) >= 11 is 0. The van der Waals surface area contributed by atoms with Gasteiger partial charge in [-0.1, -0.05) is 56.3 Å². The minimum atomic E-state index is -0.965. The number of Topliss-reactive ketones (excluding diaryl/α,β-unsaturated/α-hetero) is 1. The van der Waals surface area contributed by atoms with Crippen molar-refractivity contribution in [3.05, 3.63) is 107 Å². The number of carbonyl (C=O) groups is 5. The largest absolute Gasteiger partial charge is 0.442 e. The van der Waals surface area contributed by atoms with E-state index in [0.717, 1.165) is 16.0 Å². The third kappa shape index (κ3) is 4.60. The molecular weight excluding hydrogens is 574 g/mol. The van der Waals surface area contributed by atoms with E-state index in [-0.39, 0.29) is 53.1 Å². The normalized spacial score (nSPS) is 15.8. The molecule has 0 spiro atoms. The summed E-state index contributed by atoms with van der Waals surface area (Å²) in [6.45, 7) is 3.25. The van der Waals surface area contributed by atoms with Crippen molar-refractivity contribution in [2.24, 2.45) is 5.92 Å². The number of anilines is 1. The van der Waals surface area contributed by atoms with Gasteiger partial charge in [0.15, 0.2) is 11.5 Å². The van der Waals surface area contributed by atoms with Gasteiger partial charge >= 0.3 is 0 Å². The molecule has 1 atom stereocenters. The van der Waals surface area contributed by atoms with Crippen molar-refractivity contribution in [3.63, 3.8) is 0 Å². The predicted molar refractivity (Wildman–Crippen MR) is 164 cm³/mol. The van der Waals surface area contributed by atoms with E-state index in [1.54, 1.807) is 56.4 Å². The molecule has 5 aromatic rings. The highest BCUT2D eigenvalue weighted by atomic mass is 16.4. The maximum absolute atomic E-state index is 13.5. The van der Waals surface area contributed by atoms with Gasteiger partial charge in [-0.15, -0.1) is 0 Å². The van der Waals surface area contributed by atoms with Gasteiger partial charge in [0.25, 0.3) is 17.7 Å². The molecule has 45 heavy (non-hydrogen) atoms. The molecule has 0 saturated carbocycles. The second-order valence-electron chi connectivity index (χ2n) is 11.3. The highest BCUT2D eigenvalue weighted by Gasteiger charge is 2.44. The SMILES string of the molecule is CC(C)[C@@H](c1nc2c(o1)CC(=O)Nc1ccccc1-c1cccc3[nH]cc(c13)C(=O)CNC2=O)N1C(=O)c2ccccc2C1=O. The van der Waals surface area contributed by atoms with Crippen molar-refractivity contribution >= 4 is 46.0 Å². The van der Waals surface area contributed by atoms with Gasteiger partial charge in [-0.25, -0.2) is 4.98 Å². The van der Waals surface area contributed by atoms with E-state index < -0.39 is 29.7 Å². The van der Waals surface area contributed by atoms with Crippen molar-refractivity contribution in [1.29, 1.82) is 0 Å². The highest BCUT2D eigenvalue weighted by Crippen LogP contribution is 2.38. The lowest BCUT2D eigenvalue weighted by atomic mass is 9.96. The quantitative estimate of drug-likeness (QED) is 0.248. The van der Waals surface area contributed by atoms with Crippen LogP contribution in [0, 0.1) is 5.92 Å². The summed E-state index contributed by atoms with van der Waals surface area (Å²) in [7, 11) is 0. The van der Waals surface area contributed by atoms with E-state index in [1.807, 2.05) is 30.3 Å². The summed E-state index contributed by atoms with van der Waals surface area (Å²) in [5.41, 5.74) is 3.37. The molecule has 2 aromatic heterocycles. The Morgan fingerprint density at radius 2 is 1.47 bits per heavy atom. The molecule has 2 aliphatic rings. The number of hydrogen-bond donors (Lipinski definition) is 3. The van der Waals surface area contributed by atoms with Crippen molar-refractivity contribution in [2.75, 3.05) is 11.9 Å². The molecule has 224 valence electrons. The smallest absolute Gasteiger partial charge is 0.273 e. The number of hydrogen-bond acceptors (Lipinski definition) is 7. The molecule has 11 heteroatoms. The first-order valence-corrected chi connectivity index (χ1v) is 14.5. The van der Waals surface area contributed by atoms with E-state index in [2.05, 4.69) is 20.6 Å². The maximum atomic E-state index is 13.5. The number of benzene rings is 3. The monoisotopic (exact) mass is 601 g/mol. The molecule has 11 nitrogen and oxygen atoms in total. The molecule has 4 amide bonds. The zero-order valence-electron chi connectivity index (χ0n) is 24.3. The summed E-state index contributed by atoms with van der Waals surface area (Å²) in [6, 6.07) is 18.3. The summed E-state index contributed by atoms with van der Waals surface area (Å²) < 4.78 is 6.07. The first kappa shape index (κ1) is 28.0. The number of imide groups is 1. The van der Waals surface area contributed by atoms with E-state index in [0.29, 0.717) is 22.2 Å². The third-order valence-electron chi connectivity index (χ3n) is 8.15. The van der Waals surface area contributed by atoms with Gasteiger partial charge < -0.3 is 20.0 Å². The molecular formula is C34H27N5O6. The van der Waals surface area contributed by atoms with Crippen molar-refractivity contribution in [3.8, 4) is 11.1 Å². The van der Waals surface area contributed by atoms with Crippen LogP contribution < -0.4 is 10.6 Å². The van der Waals surface area contributed by atoms with Gasteiger partial charge in [0.1, 0.15) is 11.8 Å². The number of carbonyl (C=O) groups excluding carboxylic acids is 5. The number of nitrogens with zero attached hydrogens (tertiary/aromatic N) is 2. The number of fused-ring (bicyclic) bond motifs is 4. The van der Waals surface area contributed by atoms with Crippen LogP contribution in [0.25, 0.3) is 22.0 Å². The molecule has 0 radical (unpaired) electrons. The summed E-state index contributed by atoms with van der Waals surface area (Å²) in [6.07, 6.45) is 1.23. The van der Waals surface area contributed by atoms with Crippen LogP contribution in [0.5, 0.6) is 0 Å². The lowest BCUT2D eigenvalue weighted by Gasteiger charge is -2.26. The second kappa shape index (κ2) is 10.7. The molecule has 0 fully saturated rings. The minimum absolute atomic E-state index is 0.0614. The Kier molecular flexibility index (Phi) is 6.65. The van der Waals surface area contributed by atoms with E-state index in [4.69, 9.17) is 4.42 Å². The highest BCUT2D eigenvalue weighted by molar-refractivity contribution is 6.21. The van der Waals surface area contributed by atoms with Gasteiger partial charge in [0, 0.05) is 33.9 Å². The zero-order valence-corrected chi connectivity index (χ0v) is 24.3. The van der Waals surface area contributed by atoms with Crippen LogP contribution in [0.15, 0.2) is 77.3 Å². The molecule has 4 heterocycles. The van der Waals surface area contributed by atoms with Crippen LogP contribution in [0.3, 0.4) is 0 Å². The number of oxazole rings is 1. The van der Waals surface area contributed by atoms with Crippen LogP contribution in [0.2, 0.25) is 0 Å². The Balaban J connectivity index is 1.31. The fraction of sp³-hybridized carbons (Fsp3) is 0.176. The van der Waals surface area contributed by atoms with Crippen LogP contribution in [0.1, 0.15) is 73.1 Å².